The van der Waals surface area contributed by atoms with Crippen LogP contribution in [0.1, 0.15) is 24.4 Å². The Hall–Kier alpha value is -2.78. The van der Waals surface area contributed by atoms with Gasteiger partial charge >= 0.3 is 0 Å². The Kier molecular flexibility index (Phi) is 5.33. The molecule has 3 aromatic rings. The maximum absolute atomic E-state index is 13.2. The summed E-state index contributed by atoms with van der Waals surface area (Å²) in [7, 11) is -1.93. The number of nitrogens with zero attached hydrogens (tertiary/aromatic N) is 3. The van der Waals surface area contributed by atoms with E-state index in [-0.39, 0.29) is 22.6 Å². The monoisotopic (exact) mass is 442 g/mol. The second kappa shape index (κ2) is 7.81. The van der Waals surface area contributed by atoms with Crippen LogP contribution in [0.3, 0.4) is 0 Å². The van der Waals surface area contributed by atoms with Gasteiger partial charge in [-0.2, -0.15) is 0 Å². The minimum atomic E-state index is -3.65. The van der Waals surface area contributed by atoms with Crippen LogP contribution in [-0.2, 0) is 21.4 Å². The number of rotatable bonds is 5. The smallest absolute Gasteiger partial charge is 0.263 e. The van der Waals surface area contributed by atoms with E-state index in [4.69, 9.17) is 0 Å². The Morgan fingerprint density at radius 1 is 1.17 bits per heavy atom. The van der Waals surface area contributed by atoms with Crippen LogP contribution in [0.15, 0.2) is 58.4 Å². The van der Waals surface area contributed by atoms with E-state index in [2.05, 4.69) is 14.7 Å². The highest BCUT2D eigenvalue weighted by Gasteiger charge is 2.33. The average Bonchev–Trinajstić information content (AvgIpc) is 3.23. The summed E-state index contributed by atoms with van der Waals surface area (Å²) >= 11 is 1.55. The summed E-state index contributed by atoms with van der Waals surface area (Å²) in [6, 6.07) is 13.8. The molecule has 1 N–H and O–H groups in total. The van der Waals surface area contributed by atoms with Crippen molar-refractivity contribution in [3.63, 3.8) is 0 Å². The number of sulfonamides is 1. The van der Waals surface area contributed by atoms with E-state index in [1.54, 1.807) is 41.5 Å². The molecule has 1 atom stereocenters. The Bertz CT molecular complexity index is 1210. The number of hydrogen-bond donors (Lipinski definition) is 1. The van der Waals surface area contributed by atoms with Crippen molar-refractivity contribution >= 4 is 43.3 Å². The van der Waals surface area contributed by atoms with E-state index >= 15 is 0 Å². The number of carbonyl (C=O) groups is 1. The number of amidine groups is 1. The average molecular weight is 443 g/mol. The number of hydrogen-bond acceptors (Lipinski definition) is 6. The van der Waals surface area contributed by atoms with Gasteiger partial charge in [-0.25, -0.2) is 13.4 Å². The maximum atomic E-state index is 13.2. The molecule has 2 heterocycles. The van der Waals surface area contributed by atoms with Crippen molar-refractivity contribution in [1.82, 2.24) is 14.6 Å². The zero-order chi connectivity index (χ0) is 21.5. The fourth-order valence-corrected chi connectivity index (χ4v) is 5.61. The standard InChI is InChI=1S/C21H22N4O3S2/c1-13(2)19(23-20-14-8-4-7-11-17(14)30(27,28)24-20)21(26)25(3)12-18-22-15-9-5-6-10-16(15)29-18/h4-11,13,19H,12H2,1-3H3,(H,23,24)/t19-/m0/s1. The lowest BCUT2D eigenvalue weighted by molar-refractivity contribution is -0.132. The second-order valence-corrected chi connectivity index (χ2v) is 10.3. The first kappa shape index (κ1) is 20.5. The molecule has 0 radical (unpaired) electrons. The molecule has 0 bridgehead atoms. The Labute approximate surface area is 179 Å². The summed E-state index contributed by atoms with van der Waals surface area (Å²) in [4.78, 5) is 24.1. The molecule has 7 nitrogen and oxygen atoms in total. The molecule has 156 valence electrons. The topological polar surface area (TPSA) is 91.7 Å². The third-order valence-electron chi connectivity index (χ3n) is 4.90. The van der Waals surface area contributed by atoms with E-state index in [0.29, 0.717) is 12.1 Å². The van der Waals surface area contributed by atoms with Gasteiger partial charge in [0.2, 0.25) is 5.91 Å². The molecule has 0 saturated carbocycles. The van der Waals surface area contributed by atoms with Gasteiger partial charge in [0.1, 0.15) is 16.9 Å². The zero-order valence-electron chi connectivity index (χ0n) is 16.9. The molecule has 1 aromatic heterocycles. The molecule has 30 heavy (non-hydrogen) atoms. The second-order valence-electron chi connectivity index (χ2n) is 7.54. The third kappa shape index (κ3) is 3.82. The predicted molar refractivity (Wildman–Crippen MR) is 118 cm³/mol. The van der Waals surface area contributed by atoms with Crippen LogP contribution in [0.5, 0.6) is 0 Å². The summed E-state index contributed by atoms with van der Waals surface area (Å²) in [5, 5.41) is 0.842. The molecule has 1 amide bonds. The van der Waals surface area contributed by atoms with Gasteiger partial charge in [-0.1, -0.05) is 38.1 Å². The lowest BCUT2D eigenvalue weighted by atomic mass is 10.0. The third-order valence-corrected chi connectivity index (χ3v) is 7.32. The molecule has 0 fully saturated rings. The van der Waals surface area contributed by atoms with Crippen LogP contribution in [-0.4, -0.2) is 43.1 Å². The Morgan fingerprint density at radius 3 is 2.60 bits per heavy atom. The first-order valence-electron chi connectivity index (χ1n) is 9.55. The summed E-state index contributed by atoms with van der Waals surface area (Å²) in [5.41, 5.74) is 1.40. The van der Waals surface area contributed by atoms with E-state index in [9.17, 15) is 13.2 Å². The van der Waals surface area contributed by atoms with Crippen molar-refractivity contribution in [1.29, 1.82) is 0 Å². The number of para-hydroxylation sites is 1. The van der Waals surface area contributed by atoms with Crippen molar-refractivity contribution in [2.45, 2.75) is 31.3 Å². The molecule has 1 aliphatic rings. The maximum Gasteiger partial charge on any atom is 0.263 e. The molecular formula is C21H22N4O3S2. The van der Waals surface area contributed by atoms with Crippen LogP contribution in [0.2, 0.25) is 0 Å². The summed E-state index contributed by atoms with van der Waals surface area (Å²) in [5.74, 6) is -0.0774. The van der Waals surface area contributed by atoms with Crippen LogP contribution in [0, 0.1) is 5.92 Å². The van der Waals surface area contributed by atoms with Gasteiger partial charge < -0.3 is 4.90 Å². The lowest BCUT2D eigenvalue weighted by Gasteiger charge is -2.23. The largest absolute Gasteiger partial charge is 0.337 e. The van der Waals surface area contributed by atoms with Crippen LogP contribution in [0.25, 0.3) is 10.2 Å². The molecule has 1 aliphatic heterocycles. The summed E-state index contributed by atoms with van der Waals surface area (Å²) < 4.78 is 28.3. The molecular weight excluding hydrogens is 420 g/mol. The highest BCUT2D eigenvalue weighted by molar-refractivity contribution is 7.90. The highest BCUT2D eigenvalue weighted by atomic mass is 32.2. The van der Waals surface area contributed by atoms with Crippen LogP contribution in [0.4, 0.5) is 0 Å². The van der Waals surface area contributed by atoms with Crippen molar-refractivity contribution in [3.05, 3.63) is 59.1 Å². The first-order chi connectivity index (χ1) is 14.3. The number of aliphatic imine (C=N–C) groups is 1. The molecule has 4 rings (SSSR count). The van der Waals surface area contributed by atoms with Crippen molar-refractivity contribution in [3.8, 4) is 0 Å². The molecule has 9 heteroatoms. The van der Waals surface area contributed by atoms with Gasteiger partial charge in [-0.05, 0) is 30.2 Å². The number of fused-ring (bicyclic) bond motifs is 2. The van der Waals surface area contributed by atoms with Gasteiger partial charge in [0.15, 0.2) is 0 Å². The van der Waals surface area contributed by atoms with Crippen molar-refractivity contribution < 1.29 is 13.2 Å². The van der Waals surface area contributed by atoms with E-state index in [1.807, 2.05) is 38.1 Å². The number of thiazole rings is 1. The van der Waals surface area contributed by atoms with Gasteiger partial charge in [0.05, 0.1) is 21.7 Å². The minimum absolute atomic E-state index is 0.111. The molecule has 0 unspecified atom stereocenters. The zero-order valence-corrected chi connectivity index (χ0v) is 18.5. The van der Waals surface area contributed by atoms with E-state index in [0.717, 1.165) is 15.2 Å². The fraction of sp³-hybridized carbons (Fsp3) is 0.286. The Morgan fingerprint density at radius 2 is 1.87 bits per heavy atom. The lowest BCUT2D eigenvalue weighted by Crippen LogP contribution is -2.39. The molecule has 0 saturated heterocycles. The summed E-state index contributed by atoms with van der Waals surface area (Å²) in [6.45, 7) is 4.16. The molecule has 2 aromatic carbocycles. The minimum Gasteiger partial charge on any atom is -0.337 e. The van der Waals surface area contributed by atoms with E-state index < -0.39 is 16.1 Å². The number of likely N-dealkylation sites (N-methyl/N-ethyl adjacent to an activating group) is 1. The van der Waals surface area contributed by atoms with Gasteiger partial charge in [0.25, 0.3) is 10.0 Å². The molecule has 0 aliphatic carbocycles. The van der Waals surface area contributed by atoms with Crippen LogP contribution < -0.4 is 4.72 Å². The van der Waals surface area contributed by atoms with E-state index in [1.165, 1.54) is 6.07 Å². The summed E-state index contributed by atoms with van der Waals surface area (Å²) in [6.07, 6.45) is 0. The number of aromatic nitrogens is 1. The van der Waals surface area contributed by atoms with Crippen molar-refractivity contribution in [2.75, 3.05) is 7.05 Å². The highest BCUT2D eigenvalue weighted by Crippen LogP contribution is 2.25. The van der Waals surface area contributed by atoms with Gasteiger partial charge in [0, 0.05) is 12.6 Å². The van der Waals surface area contributed by atoms with Gasteiger partial charge in [-0.15, -0.1) is 11.3 Å². The predicted octanol–water partition coefficient (Wildman–Crippen LogP) is 3.02. The fourth-order valence-electron chi connectivity index (χ4n) is 3.35. The molecule has 0 spiro atoms. The van der Waals surface area contributed by atoms with Crippen molar-refractivity contribution in [2.24, 2.45) is 10.9 Å². The number of carbonyl (C=O) groups excluding carboxylic acids is 1. The Balaban J connectivity index is 1.60. The first-order valence-corrected chi connectivity index (χ1v) is 11.9. The number of benzene rings is 2. The number of nitrogens with one attached hydrogen (secondary N) is 1. The van der Waals surface area contributed by atoms with Gasteiger partial charge in [-0.3, -0.25) is 14.5 Å². The number of amides is 1. The quantitative estimate of drug-likeness (QED) is 0.657. The normalized spacial score (nSPS) is 17.1. The van der Waals surface area contributed by atoms with Crippen LogP contribution >= 0.6 is 11.3 Å². The SMILES string of the molecule is CC(C)[C@H](N=C1NS(=O)(=O)c2ccccc21)C(=O)N(C)Cc1nc2ccccc2s1.